The molecule has 0 atom stereocenters. The summed E-state index contributed by atoms with van der Waals surface area (Å²) in [7, 11) is 0.989. The Balaban J connectivity index is 1.28. The van der Waals surface area contributed by atoms with Crippen molar-refractivity contribution in [2.75, 3.05) is 33.9 Å². The van der Waals surface area contributed by atoms with E-state index in [-0.39, 0.29) is 22.7 Å². The zero-order valence-electron chi connectivity index (χ0n) is 29.2. The van der Waals surface area contributed by atoms with Gasteiger partial charge in [0.15, 0.2) is 31.1 Å². The fourth-order valence-corrected chi connectivity index (χ4v) is 6.89. The van der Waals surface area contributed by atoms with Gasteiger partial charge < -0.3 is 28.3 Å². The molecule has 0 aromatic carbocycles. The molecule has 4 aromatic rings. The Morgan fingerprint density at radius 2 is 1.88 bits per heavy atom. The van der Waals surface area contributed by atoms with Crippen LogP contribution in [-0.2, 0) is 4.74 Å². The molecule has 6 rings (SSSR count). The summed E-state index contributed by atoms with van der Waals surface area (Å²) in [4.78, 5) is 39.8. The average molecular weight is 684 g/mol. The van der Waals surface area contributed by atoms with Crippen molar-refractivity contribution in [1.29, 1.82) is 5.26 Å². The van der Waals surface area contributed by atoms with Gasteiger partial charge in [-0.05, 0) is 73.5 Å². The third-order valence-corrected chi connectivity index (χ3v) is 13.7. The van der Waals surface area contributed by atoms with E-state index in [4.69, 9.17) is 28.6 Å². The number of hydrogen-bond acceptors (Lipinski definition) is 10. The van der Waals surface area contributed by atoms with Gasteiger partial charge in [-0.15, -0.1) is 0 Å². The first-order valence-corrected chi connectivity index (χ1v) is 20.0. The molecule has 258 valence electrons. The minimum atomic E-state index is -2.32. The van der Waals surface area contributed by atoms with E-state index < -0.39 is 8.32 Å². The summed E-state index contributed by atoms with van der Waals surface area (Å²) >= 11 is 0. The molecule has 1 aliphatic carbocycles. The minimum absolute atomic E-state index is 0.0152. The molecule has 4 aromatic heterocycles. The van der Waals surface area contributed by atoms with E-state index in [1.54, 1.807) is 24.2 Å². The second-order valence-electron chi connectivity index (χ2n) is 14.3. The number of ether oxygens (including phenoxy) is 3. The molecule has 0 spiro atoms. The van der Waals surface area contributed by atoms with Crippen LogP contribution in [0.1, 0.15) is 79.9 Å². The number of aromatic nitrogens is 3. The van der Waals surface area contributed by atoms with Gasteiger partial charge in [-0.2, -0.15) is 5.26 Å². The molecule has 0 unspecified atom stereocenters. The highest BCUT2D eigenvalue weighted by Gasteiger charge is 2.37. The Morgan fingerprint density at radius 1 is 1.12 bits per heavy atom. The number of nitrogens with zero attached hydrogens (tertiary/aromatic N) is 5. The summed E-state index contributed by atoms with van der Waals surface area (Å²) in [5.74, 6) is 1.48. The summed E-state index contributed by atoms with van der Waals surface area (Å²) in [6.45, 7) is 9.93. The fraction of sp³-hybridized carbons (Fsp3) is 0.486. The van der Waals surface area contributed by atoms with Gasteiger partial charge in [0.25, 0.3) is 5.91 Å². The Morgan fingerprint density at radius 3 is 2.55 bits per heavy atom. The van der Waals surface area contributed by atoms with Crippen LogP contribution in [-0.4, -0.2) is 78.9 Å². The lowest BCUT2D eigenvalue weighted by atomic mass is 10.0. The maximum Gasteiger partial charge on any atom is 0.255 e. The molecule has 1 saturated carbocycles. The van der Waals surface area contributed by atoms with E-state index in [2.05, 4.69) is 24.9 Å². The van der Waals surface area contributed by atoms with Crippen molar-refractivity contribution < 1.29 is 28.2 Å². The molecule has 0 bridgehead atoms. The lowest BCUT2D eigenvalue weighted by Gasteiger charge is -2.35. The lowest BCUT2D eigenvalue weighted by molar-refractivity contribution is 0.0253. The number of pyridine rings is 3. The van der Waals surface area contributed by atoms with Gasteiger partial charge in [0.2, 0.25) is 0 Å². The SMILES string of the molecule is COc1cc(C(=O)N(C)CCCC(C)(C)[Si](C)(C)O)cnc1-c1cc2ncc(C3CC3)c(-c3ccc(OC4CCOCC4)c(C#N)n3)c2o1. The number of fused-ring (bicyclic) bond motifs is 1. The van der Waals surface area contributed by atoms with Gasteiger partial charge in [-0.25, -0.2) is 9.97 Å². The lowest BCUT2D eigenvalue weighted by Crippen LogP contribution is -2.39. The Labute approximate surface area is 288 Å². The van der Waals surface area contributed by atoms with Crippen molar-refractivity contribution in [3.05, 3.63) is 53.5 Å². The standard InChI is InChI=1S/C37H45N5O6Si/c1-37(2,49(5,6)44)14-7-15-42(3)36(43)24-18-31(45-4)34(40-21-24)32-19-28-35(48-32)33(26(22-39-28)23-8-9-23)27-10-11-30(29(20-38)41-27)47-25-12-16-46-17-13-25/h10-11,18-19,21-23,25,44H,7-9,12-17H2,1-6H3. The summed E-state index contributed by atoms with van der Waals surface area (Å²) in [5, 5.41) is 9.87. The van der Waals surface area contributed by atoms with Crippen molar-refractivity contribution >= 4 is 25.3 Å². The van der Waals surface area contributed by atoms with Gasteiger partial charge in [-0.1, -0.05) is 13.8 Å². The van der Waals surface area contributed by atoms with Crippen LogP contribution in [0.2, 0.25) is 18.1 Å². The van der Waals surface area contributed by atoms with Crippen LogP contribution < -0.4 is 9.47 Å². The average Bonchev–Trinajstić information content (AvgIpc) is 3.85. The van der Waals surface area contributed by atoms with Crippen LogP contribution in [0.15, 0.2) is 41.1 Å². The van der Waals surface area contributed by atoms with Crippen molar-refractivity contribution in [2.45, 2.75) is 82.5 Å². The summed E-state index contributed by atoms with van der Waals surface area (Å²) < 4.78 is 23.8. The van der Waals surface area contributed by atoms with Crippen LogP contribution in [0.25, 0.3) is 33.8 Å². The number of furan rings is 1. The molecule has 12 heteroatoms. The van der Waals surface area contributed by atoms with Crippen LogP contribution in [0.3, 0.4) is 0 Å². The number of methoxy groups -OCH3 is 1. The second kappa shape index (κ2) is 13.9. The predicted octanol–water partition coefficient (Wildman–Crippen LogP) is 7.10. The first-order valence-electron chi connectivity index (χ1n) is 17.0. The number of rotatable bonds is 12. The van der Waals surface area contributed by atoms with E-state index in [9.17, 15) is 14.9 Å². The first-order chi connectivity index (χ1) is 23.4. The number of carbonyl (C=O) groups is 1. The van der Waals surface area contributed by atoms with E-state index in [1.807, 2.05) is 37.5 Å². The summed E-state index contributed by atoms with van der Waals surface area (Å²) in [5.41, 5.74) is 4.69. The molecule has 1 aliphatic heterocycles. The molecule has 0 radical (unpaired) electrons. The third kappa shape index (κ3) is 7.34. The molecule has 1 amide bonds. The molecule has 2 fully saturated rings. The first kappa shape index (κ1) is 34.5. The molecule has 49 heavy (non-hydrogen) atoms. The summed E-state index contributed by atoms with van der Waals surface area (Å²) in [6.07, 6.45) is 8.64. The highest BCUT2D eigenvalue weighted by molar-refractivity contribution is 6.72. The Bertz CT molecular complexity index is 1880. The van der Waals surface area contributed by atoms with Crippen LogP contribution in [0.5, 0.6) is 11.5 Å². The number of carbonyl (C=O) groups excluding carboxylic acids is 1. The quantitative estimate of drug-likeness (QED) is 0.154. The number of hydrogen-bond donors (Lipinski definition) is 1. The van der Waals surface area contributed by atoms with Crippen LogP contribution >= 0.6 is 0 Å². The van der Waals surface area contributed by atoms with E-state index in [1.165, 1.54) is 7.11 Å². The second-order valence-corrected chi connectivity index (χ2v) is 18.8. The van der Waals surface area contributed by atoms with Crippen molar-refractivity contribution in [1.82, 2.24) is 19.9 Å². The molecular weight excluding hydrogens is 639 g/mol. The maximum atomic E-state index is 13.4. The number of nitriles is 1. The normalized spacial score (nSPS) is 15.6. The number of amides is 1. The molecule has 5 heterocycles. The van der Waals surface area contributed by atoms with E-state index >= 15 is 0 Å². The topological polar surface area (TPSA) is 144 Å². The monoisotopic (exact) mass is 683 g/mol. The van der Waals surface area contributed by atoms with Crippen molar-refractivity contribution in [2.24, 2.45) is 0 Å². The Hall–Kier alpha value is -4.31. The maximum absolute atomic E-state index is 13.4. The van der Waals surface area contributed by atoms with Gasteiger partial charge in [0.1, 0.15) is 29.1 Å². The highest BCUT2D eigenvalue weighted by atomic mass is 28.4. The van der Waals surface area contributed by atoms with Gasteiger partial charge in [0, 0.05) is 44.9 Å². The van der Waals surface area contributed by atoms with Crippen molar-refractivity contribution in [3.8, 4) is 40.3 Å². The summed E-state index contributed by atoms with van der Waals surface area (Å²) in [6, 6.07) is 9.41. The van der Waals surface area contributed by atoms with Crippen LogP contribution in [0.4, 0.5) is 0 Å². The van der Waals surface area contributed by atoms with Gasteiger partial charge in [0.05, 0.1) is 37.1 Å². The minimum Gasteiger partial charge on any atom is -0.494 e. The van der Waals surface area contributed by atoms with Crippen molar-refractivity contribution in [3.63, 3.8) is 0 Å². The Kier molecular flexibility index (Phi) is 9.80. The molecule has 11 nitrogen and oxygen atoms in total. The molecule has 1 N–H and O–H groups in total. The van der Waals surface area contributed by atoms with Gasteiger partial charge in [-0.3, -0.25) is 9.78 Å². The fourth-order valence-electron chi connectivity index (χ4n) is 6.10. The smallest absolute Gasteiger partial charge is 0.255 e. The third-order valence-electron chi connectivity index (χ3n) is 10.1. The molecule has 2 aliphatic rings. The zero-order valence-corrected chi connectivity index (χ0v) is 30.2. The predicted molar refractivity (Wildman–Crippen MR) is 188 cm³/mol. The highest BCUT2D eigenvalue weighted by Crippen LogP contribution is 2.47. The zero-order chi connectivity index (χ0) is 34.9. The van der Waals surface area contributed by atoms with E-state index in [0.29, 0.717) is 71.0 Å². The van der Waals surface area contributed by atoms with Crippen LogP contribution in [0, 0.1) is 11.3 Å². The largest absolute Gasteiger partial charge is 0.494 e. The molecule has 1 saturated heterocycles. The molecular formula is C37H45N5O6Si. The van der Waals surface area contributed by atoms with E-state index in [0.717, 1.165) is 49.7 Å². The van der Waals surface area contributed by atoms with Gasteiger partial charge >= 0.3 is 0 Å².